The minimum Gasteiger partial charge on any atom is -0.496 e. The number of nitrogens with one attached hydrogen (secondary N) is 1. The van der Waals surface area contributed by atoms with E-state index in [4.69, 9.17) is 4.74 Å². The molecule has 0 spiro atoms. The van der Waals surface area contributed by atoms with Crippen LogP contribution in [0.4, 0.5) is 0 Å². The molecule has 5 heteroatoms. The molecule has 0 aliphatic rings. The number of aromatic nitrogens is 2. The number of aryl methyl sites for hydroxylation is 1. The summed E-state index contributed by atoms with van der Waals surface area (Å²) < 4.78 is 5.41. The van der Waals surface area contributed by atoms with E-state index in [1.54, 1.807) is 20.1 Å². The Bertz CT molecular complexity index is 667. The third-order valence-electron chi connectivity index (χ3n) is 3.57. The molecule has 0 bridgehead atoms. The van der Waals surface area contributed by atoms with Crippen molar-refractivity contribution < 1.29 is 4.74 Å². The lowest BCUT2D eigenvalue weighted by atomic mass is 10.1. The van der Waals surface area contributed by atoms with Crippen molar-refractivity contribution in [3.63, 3.8) is 0 Å². The van der Waals surface area contributed by atoms with Crippen LogP contribution >= 0.6 is 0 Å². The number of nitrogens with zero attached hydrogens (tertiary/aromatic N) is 2. The Balaban J connectivity index is 2.19. The lowest BCUT2D eigenvalue weighted by molar-refractivity contribution is 0.244. The Morgan fingerprint density at radius 3 is 2.76 bits per heavy atom. The van der Waals surface area contributed by atoms with Gasteiger partial charge in [0.25, 0.3) is 5.56 Å². The van der Waals surface area contributed by atoms with Gasteiger partial charge in [0.15, 0.2) is 0 Å². The van der Waals surface area contributed by atoms with Crippen LogP contribution in [0, 0.1) is 6.92 Å². The lowest BCUT2D eigenvalue weighted by Crippen LogP contribution is -2.24. The Kier molecular flexibility index (Phi) is 4.75. The first kappa shape index (κ1) is 15.3. The average Bonchev–Trinajstić information content (AvgIpc) is 2.45. The van der Waals surface area contributed by atoms with Crippen LogP contribution in [0.5, 0.6) is 5.75 Å². The molecule has 112 valence electrons. The average molecular weight is 287 g/mol. The predicted molar refractivity (Wildman–Crippen MR) is 82.5 cm³/mol. The molecular weight excluding hydrogens is 266 g/mol. The number of hydrogen-bond acceptors (Lipinski definition) is 4. The maximum atomic E-state index is 11.5. The zero-order valence-corrected chi connectivity index (χ0v) is 12.9. The van der Waals surface area contributed by atoms with Gasteiger partial charge < -0.3 is 9.72 Å². The zero-order valence-electron chi connectivity index (χ0n) is 12.9. The third kappa shape index (κ3) is 3.70. The molecule has 0 amide bonds. The van der Waals surface area contributed by atoms with Crippen molar-refractivity contribution in [2.45, 2.75) is 26.4 Å². The van der Waals surface area contributed by atoms with Crippen molar-refractivity contribution >= 4 is 0 Å². The SMILES string of the molecule is COc1ccccc1C(C)N(C)Cc1cc(=O)[nH]c(C)n1. The Morgan fingerprint density at radius 2 is 2.10 bits per heavy atom. The van der Waals surface area contributed by atoms with Gasteiger partial charge in [-0.3, -0.25) is 9.69 Å². The molecule has 2 aromatic rings. The number of benzene rings is 1. The Morgan fingerprint density at radius 1 is 1.38 bits per heavy atom. The van der Waals surface area contributed by atoms with Crippen LogP contribution in [0.2, 0.25) is 0 Å². The molecule has 0 radical (unpaired) electrons. The second-order valence-electron chi connectivity index (χ2n) is 5.16. The van der Waals surface area contributed by atoms with E-state index in [-0.39, 0.29) is 11.6 Å². The van der Waals surface area contributed by atoms with E-state index in [1.807, 2.05) is 25.2 Å². The molecule has 1 unspecified atom stereocenters. The van der Waals surface area contributed by atoms with Gasteiger partial charge in [0, 0.05) is 24.2 Å². The van der Waals surface area contributed by atoms with Gasteiger partial charge in [0.1, 0.15) is 11.6 Å². The number of methoxy groups -OCH3 is 1. The van der Waals surface area contributed by atoms with Crippen LogP contribution in [0.1, 0.15) is 30.0 Å². The monoisotopic (exact) mass is 287 g/mol. The highest BCUT2D eigenvalue weighted by molar-refractivity contribution is 5.35. The molecule has 21 heavy (non-hydrogen) atoms. The van der Waals surface area contributed by atoms with Gasteiger partial charge in [-0.15, -0.1) is 0 Å². The molecule has 0 saturated carbocycles. The Labute approximate surface area is 124 Å². The van der Waals surface area contributed by atoms with E-state index in [0.29, 0.717) is 12.4 Å². The van der Waals surface area contributed by atoms with Crippen LogP contribution < -0.4 is 10.3 Å². The maximum Gasteiger partial charge on any atom is 0.251 e. The summed E-state index contributed by atoms with van der Waals surface area (Å²) in [5, 5.41) is 0. The number of hydrogen-bond donors (Lipinski definition) is 1. The van der Waals surface area contributed by atoms with Crippen LogP contribution in [-0.4, -0.2) is 29.0 Å². The van der Waals surface area contributed by atoms with Crippen molar-refractivity contribution in [1.82, 2.24) is 14.9 Å². The van der Waals surface area contributed by atoms with E-state index >= 15 is 0 Å². The molecule has 1 atom stereocenters. The maximum absolute atomic E-state index is 11.5. The zero-order chi connectivity index (χ0) is 15.4. The van der Waals surface area contributed by atoms with Crippen LogP contribution in [0.25, 0.3) is 0 Å². The molecule has 5 nitrogen and oxygen atoms in total. The molecule has 1 N–H and O–H groups in total. The summed E-state index contributed by atoms with van der Waals surface area (Å²) in [6.45, 7) is 4.50. The van der Waals surface area contributed by atoms with E-state index in [1.165, 1.54) is 0 Å². The van der Waals surface area contributed by atoms with Crippen LogP contribution in [-0.2, 0) is 6.54 Å². The topological polar surface area (TPSA) is 58.2 Å². The van der Waals surface area contributed by atoms with E-state index in [0.717, 1.165) is 17.0 Å². The van der Waals surface area contributed by atoms with E-state index < -0.39 is 0 Å². The smallest absolute Gasteiger partial charge is 0.251 e. The summed E-state index contributed by atoms with van der Waals surface area (Å²) >= 11 is 0. The summed E-state index contributed by atoms with van der Waals surface area (Å²) in [7, 11) is 3.68. The molecule has 1 heterocycles. The highest BCUT2D eigenvalue weighted by atomic mass is 16.5. The van der Waals surface area contributed by atoms with Crippen molar-refractivity contribution in [3.05, 3.63) is 57.8 Å². The minimum absolute atomic E-state index is 0.115. The van der Waals surface area contributed by atoms with Gasteiger partial charge in [0.05, 0.1) is 12.8 Å². The van der Waals surface area contributed by atoms with Crippen molar-refractivity contribution in [1.29, 1.82) is 0 Å². The molecule has 1 aromatic carbocycles. The summed E-state index contributed by atoms with van der Waals surface area (Å²) in [4.78, 5) is 20.7. The first-order valence-corrected chi connectivity index (χ1v) is 6.91. The van der Waals surface area contributed by atoms with Crippen molar-refractivity contribution in [3.8, 4) is 5.75 Å². The highest BCUT2D eigenvalue weighted by Gasteiger charge is 2.16. The lowest BCUT2D eigenvalue weighted by Gasteiger charge is -2.26. The predicted octanol–water partition coefficient (Wildman–Crippen LogP) is 2.28. The first-order valence-electron chi connectivity index (χ1n) is 6.91. The van der Waals surface area contributed by atoms with Crippen molar-refractivity contribution in [2.24, 2.45) is 0 Å². The molecular formula is C16H21N3O2. The van der Waals surface area contributed by atoms with Gasteiger partial charge >= 0.3 is 0 Å². The summed E-state index contributed by atoms with van der Waals surface area (Å²) in [6.07, 6.45) is 0. The minimum atomic E-state index is -0.115. The number of ether oxygens (including phenoxy) is 1. The number of para-hydroxylation sites is 1. The molecule has 0 saturated heterocycles. The molecule has 0 aliphatic carbocycles. The standard InChI is InChI=1S/C16H21N3O2/c1-11(14-7-5-6-8-15(14)21-4)19(3)10-13-9-16(20)18-12(2)17-13/h5-9,11H,10H2,1-4H3,(H,17,18,20). The molecule has 2 rings (SSSR count). The van der Waals surface area contributed by atoms with Gasteiger partial charge in [-0.1, -0.05) is 18.2 Å². The van der Waals surface area contributed by atoms with Gasteiger partial charge in [-0.05, 0) is 27.0 Å². The highest BCUT2D eigenvalue weighted by Crippen LogP contribution is 2.28. The number of aromatic amines is 1. The van der Waals surface area contributed by atoms with E-state index in [2.05, 4.69) is 27.9 Å². The fourth-order valence-electron chi connectivity index (χ4n) is 2.36. The van der Waals surface area contributed by atoms with Crippen LogP contribution in [0.3, 0.4) is 0 Å². The van der Waals surface area contributed by atoms with Crippen molar-refractivity contribution in [2.75, 3.05) is 14.2 Å². The summed E-state index contributed by atoms with van der Waals surface area (Å²) in [5.74, 6) is 1.50. The molecule has 0 aliphatic heterocycles. The summed E-state index contributed by atoms with van der Waals surface area (Å²) in [5.41, 5.74) is 1.76. The molecule has 0 fully saturated rings. The van der Waals surface area contributed by atoms with Gasteiger partial charge in [0.2, 0.25) is 0 Å². The number of H-pyrrole nitrogens is 1. The fourth-order valence-corrected chi connectivity index (χ4v) is 2.36. The fraction of sp³-hybridized carbons (Fsp3) is 0.375. The number of rotatable bonds is 5. The quantitative estimate of drug-likeness (QED) is 0.916. The second kappa shape index (κ2) is 6.54. The van der Waals surface area contributed by atoms with Gasteiger partial charge in [-0.25, -0.2) is 4.98 Å². The second-order valence-corrected chi connectivity index (χ2v) is 5.16. The van der Waals surface area contributed by atoms with E-state index in [9.17, 15) is 4.79 Å². The Hall–Kier alpha value is -2.14. The van der Waals surface area contributed by atoms with Gasteiger partial charge in [-0.2, -0.15) is 0 Å². The largest absolute Gasteiger partial charge is 0.496 e. The third-order valence-corrected chi connectivity index (χ3v) is 3.57. The summed E-state index contributed by atoms with van der Waals surface area (Å²) in [6, 6.07) is 9.65. The first-order chi connectivity index (χ1) is 10.0. The van der Waals surface area contributed by atoms with Crippen LogP contribution in [0.15, 0.2) is 35.1 Å². The normalized spacial score (nSPS) is 12.4. The molecule has 1 aromatic heterocycles.